The zero-order chi connectivity index (χ0) is 18.7. The topological polar surface area (TPSA) is 56.9 Å². The van der Waals surface area contributed by atoms with E-state index in [1.807, 2.05) is 0 Å². The van der Waals surface area contributed by atoms with Crippen molar-refractivity contribution in [2.45, 2.75) is 6.18 Å². The zero-order valence-corrected chi connectivity index (χ0v) is 14.3. The largest absolute Gasteiger partial charge is 0.433 e. The van der Waals surface area contributed by atoms with E-state index in [2.05, 4.69) is 4.98 Å². The number of aromatic nitrogens is 3. The lowest BCUT2D eigenvalue weighted by Crippen LogP contribution is -2.42. The lowest BCUT2D eigenvalue weighted by Gasteiger charge is -2.16. The molecule has 12 heteroatoms. The molecule has 3 rings (SSSR count). The van der Waals surface area contributed by atoms with Crippen molar-refractivity contribution in [3.05, 3.63) is 54.0 Å². The maximum Gasteiger partial charge on any atom is 0.433 e. The lowest BCUT2D eigenvalue weighted by molar-refractivity contribution is -0.143. The van der Waals surface area contributed by atoms with Crippen LogP contribution in [0.5, 0.6) is 0 Å². The van der Waals surface area contributed by atoms with Crippen LogP contribution in [-0.4, -0.2) is 14.1 Å². The summed E-state index contributed by atoms with van der Waals surface area (Å²) in [4.78, 5) is 28.6. The number of nitrogens with zero attached hydrogens (tertiary/aromatic N) is 3. The molecule has 0 aliphatic heterocycles. The highest BCUT2D eigenvalue weighted by atomic mass is 35.5. The Morgan fingerprint density at radius 2 is 1.84 bits per heavy atom. The van der Waals surface area contributed by atoms with Crippen molar-refractivity contribution >= 4 is 44.8 Å². The number of hydrogen-bond donors (Lipinski definition) is 0. The van der Waals surface area contributed by atoms with Crippen molar-refractivity contribution in [3.8, 4) is 5.69 Å². The summed E-state index contributed by atoms with van der Waals surface area (Å²) in [6, 6.07) is 2.18. The second kappa shape index (κ2) is 5.82. The van der Waals surface area contributed by atoms with Crippen molar-refractivity contribution in [2.24, 2.45) is 7.05 Å². The van der Waals surface area contributed by atoms with Crippen LogP contribution in [-0.2, 0) is 13.2 Å². The van der Waals surface area contributed by atoms with Crippen LogP contribution in [0.3, 0.4) is 0 Å². The average molecular weight is 414 g/mol. The average Bonchev–Trinajstić information content (AvgIpc) is 2.87. The van der Waals surface area contributed by atoms with E-state index in [-0.39, 0.29) is 23.8 Å². The quantitative estimate of drug-likeness (QED) is 0.572. The van der Waals surface area contributed by atoms with E-state index in [4.69, 9.17) is 23.2 Å². The Kier molecular flexibility index (Phi) is 4.17. The second-order valence-electron chi connectivity index (χ2n) is 4.85. The Morgan fingerprint density at radius 3 is 2.44 bits per heavy atom. The van der Waals surface area contributed by atoms with Gasteiger partial charge in [0, 0.05) is 7.05 Å². The molecule has 0 spiro atoms. The molecule has 25 heavy (non-hydrogen) atoms. The molecule has 132 valence electrons. The smallest absolute Gasteiger partial charge is 0.291 e. The maximum atomic E-state index is 14.3. The van der Waals surface area contributed by atoms with Gasteiger partial charge in [0.15, 0.2) is 10.2 Å². The number of alkyl halides is 3. The highest BCUT2D eigenvalue weighted by molar-refractivity contribution is 7.22. The Morgan fingerprint density at radius 1 is 1.20 bits per heavy atom. The van der Waals surface area contributed by atoms with E-state index in [1.165, 1.54) is 6.07 Å². The van der Waals surface area contributed by atoms with Gasteiger partial charge in [0.1, 0.15) is 16.5 Å². The first-order valence-electron chi connectivity index (χ1n) is 6.37. The van der Waals surface area contributed by atoms with Crippen LogP contribution in [0.4, 0.5) is 17.6 Å². The van der Waals surface area contributed by atoms with Gasteiger partial charge >= 0.3 is 11.9 Å². The Balaban J connectivity index is 2.52. The molecular formula is C13H5Cl2F4N3O2S. The Labute approximate surface area is 149 Å². The molecule has 1 aromatic carbocycles. The SMILES string of the molecule is Cn1c(C(F)(F)F)c(Cl)c(=O)n(-c2c(F)ccc3nc(Cl)sc23)c1=O. The number of halogens is 6. The molecule has 0 N–H and O–H groups in total. The fraction of sp³-hybridized carbons (Fsp3) is 0.154. The first-order chi connectivity index (χ1) is 11.5. The summed E-state index contributed by atoms with van der Waals surface area (Å²) in [7, 11) is 0.782. The van der Waals surface area contributed by atoms with Gasteiger partial charge in [-0.1, -0.05) is 23.2 Å². The normalized spacial score (nSPS) is 12.1. The van der Waals surface area contributed by atoms with Gasteiger partial charge in [-0.05, 0) is 12.1 Å². The van der Waals surface area contributed by atoms with E-state index in [0.29, 0.717) is 0 Å². The third kappa shape index (κ3) is 2.74. The van der Waals surface area contributed by atoms with Crippen LogP contribution in [0.1, 0.15) is 5.69 Å². The first-order valence-corrected chi connectivity index (χ1v) is 7.95. The number of thiazole rings is 1. The molecule has 2 heterocycles. The van der Waals surface area contributed by atoms with Crippen LogP contribution in [0.2, 0.25) is 9.49 Å². The van der Waals surface area contributed by atoms with Gasteiger partial charge in [0.2, 0.25) is 0 Å². The summed E-state index contributed by atoms with van der Waals surface area (Å²) in [6.45, 7) is 0. The molecule has 0 fully saturated rings. The molecule has 0 bridgehead atoms. The second-order valence-corrected chi connectivity index (χ2v) is 6.81. The van der Waals surface area contributed by atoms with E-state index in [1.54, 1.807) is 0 Å². The molecule has 5 nitrogen and oxygen atoms in total. The standard InChI is InChI=1S/C13H5Cl2F4N3O2S/c1-21-9(13(17,18)19)6(14)10(23)22(12(21)24)7-4(16)2-3-5-8(7)25-11(15)20-5/h2-3H,1H3. The van der Waals surface area contributed by atoms with Crippen LogP contribution >= 0.6 is 34.5 Å². The number of fused-ring (bicyclic) bond motifs is 1. The van der Waals surface area contributed by atoms with Gasteiger partial charge in [-0.15, -0.1) is 11.3 Å². The molecule has 2 aromatic heterocycles. The van der Waals surface area contributed by atoms with E-state index in [0.717, 1.165) is 24.5 Å². The number of benzene rings is 1. The van der Waals surface area contributed by atoms with Crippen LogP contribution in [0, 0.1) is 5.82 Å². The third-order valence-corrected chi connectivity index (χ3v) is 4.88. The van der Waals surface area contributed by atoms with Gasteiger partial charge in [-0.2, -0.15) is 13.2 Å². The van der Waals surface area contributed by atoms with Crippen LogP contribution in [0.15, 0.2) is 21.7 Å². The molecule has 0 atom stereocenters. The van der Waals surface area contributed by atoms with Gasteiger partial charge < -0.3 is 0 Å². The van der Waals surface area contributed by atoms with Crippen LogP contribution in [0.25, 0.3) is 15.9 Å². The summed E-state index contributed by atoms with van der Waals surface area (Å²) < 4.78 is 53.9. The fourth-order valence-corrected chi connectivity index (χ4v) is 3.78. The van der Waals surface area contributed by atoms with Gasteiger partial charge in [0.25, 0.3) is 5.56 Å². The lowest BCUT2D eigenvalue weighted by atomic mass is 10.2. The molecule has 0 unspecified atom stereocenters. The summed E-state index contributed by atoms with van der Waals surface area (Å²) in [6.07, 6.45) is -5.04. The molecule has 0 saturated heterocycles. The first kappa shape index (κ1) is 17.9. The minimum absolute atomic E-state index is 0.00438. The summed E-state index contributed by atoms with van der Waals surface area (Å²) in [5.41, 5.74) is -4.89. The zero-order valence-electron chi connectivity index (χ0n) is 12.0. The predicted molar refractivity (Wildman–Crippen MR) is 85.4 cm³/mol. The highest BCUT2D eigenvalue weighted by Crippen LogP contribution is 2.34. The molecule has 0 aliphatic rings. The Bertz CT molecular complexity index is 1100. The minimum atomic E-state index is -5.04. The number of hydrogen-bond acceptors (Lipinski definition) is 4. The van der Waals surface area contributed by atoms with Gasteiger partial charge in [0.05, 0.1) is 10.2 Å². The molecular weight excluding hydrogens is 409 g/mol. The summed E-state index contributed by atoms with van der Waals surface area (Å²) in [5.74, 6) is -1.01. The summed E-state index contributed by atoms with van der Waals surface area (Å²) in [5, 5.41) is -1.25. The van der Waals surface area contributed by atoms with E-state index < -0.39 is 39.6 Å². The van der Waals surface area contributed by atoms with Crippen molar-refractivity contribution < 1.29 is 17.6 Å². The summed E-state index contributed by atoms with van der Waals surface area (Å²) >= 11 is 12.1. The van der Waals surface area contributed by atoms with E-state index >= 15 is 0 Å². The monoisotopic (exact) mass is 413 g/mol. The molecule has 0 amide bonds. The van der Waals surface area contributed by atoms with Gasteiger partial charge in [-0.3, -0.25) is 9.36 Å². The van der Waals surface area contributed by atoms with Crippen molar-refractivity contribution in [3.63, 3.8) is 0 Å². The van der Waals surface area contributed by atoms with Crippen molar-refractivity contribution in [2.75, 3.05) is 0 Å². The van der Waals surface area contributed by atoms with Gasteiger partial charge in [-0.25, -0.2) is 18.7 Å². The minimum Gasteiger partial charge on any atom is -0.291 e. The van der Waals surface area contributed by atoms with Crippen molar-refractivity contribution in [1.82, 2.24) is 14.1 Å². The Hall–Kier alpha value is -1.91. The molecule has 0 radical (unpaired) electrons. The predicted octanol–water partition coefficient (Wildman–Crippen LogP) is 3.61. The maximum absolute atomic E-state index is 14.3. The third-order valence-electron chi connectivity index (χ3n) is 3.36. The fourth-order valence-electron chi connectivity index (χ4n) is 2.33. The molecule has 0 aliphatic carbocycles. The van der Waals surface area contributed by atoms with Crippen LogP contribution < -0.4 is 11.2 Å². The molecule has 3 aromatic rings. The highest BCUT2D eigenvalue weighted by Gasteiger charge is 2.39. The van der Waals surface area contributed by atoms with E-state index in [9.17, 15) is 27.2 Å². The molecule has 0 saturated carbocycles. The number of rotatable bonds is 1. The van der Waals surface area contributed by atoms with Crippen molar-refractivity contribution in [1.29, 1.82) is 0 Å².